The van der Waals surface area contributed by atoms with E-state index in [0.29, 0.717) is 18.8 Å². The lowest BCUT2D eigenvalue weighted by molar-refractivity contribution is -0.127. The second-order valence-electron chi connectivity index (χ2n) is 5.09. The van der Waals surface area contributed by atoms with Crippen LogP contribution in [0.2, 0.25) is 0 Å². The molecule has 1 fully saturated rings. The van der Waals surface area contributed by atoms with E-state index in [4.69, 9.17) is 0 Å². The van der Waals surface area contributed by atoms with Gasteiger partial charge in [0.15, 0.2) is 0 Å². The zero-order valence-corrected chi connectivity index (χ0v) is 12.0. The fraction of sp³-hybridized carbons (Fsp3) is 0.176. The van der Waals surface area contributed by atoms with Crippen LogP contribution in [0.15, 0.2) is 60.7 Å². The minimum atomic E-state index is -0.598. The maximum absolute atomic E-state index is 12.5. The number of anilines is 1. The lowest BCUT2D eigenvalue weighted by Gasteiger charge is -2.35. The third-order valence-corrected chi connectivity index (χ3v) is 3.61. The number of nitrogens with zero attached hydrogens (tertiary/aromatic N) is 1. The van der Waals surface area contributed by atoms with Crippen molar-refractivity contribution >= 4 is 17.6 Å². The Morgan fingerprint density at radius 2 is 1.68 bits per heavy atom. The summed E-state index contributed by atoms with van der Waals surface area (Å²) in [5.41, 5.74) is 1.52. The first-order valence-electron chi connectivity index (χ1n) is 7.21. The van der Waals surface area contributed by atoms with Gasteiger partial charge in [-0.15, -0.1) is 0 Å². The van der Waals surface area contributed by atoms with Crippen molar-refractivity contribution in [3.05, 3.63) is 66.2 Å². The topological polar surface area (TPSA) is 61.4 Å². The Morgan fingerprint density at radius 1 is 1.05 bits per heavy atom. The highest BCUT2D eigenvalue weighted by atomic mass is 16.2. The molecule has 1 aliphatic rings. The average molecular weight is 295 g/mol. The second kappa shape index (κ2) is 6.30. The van der Waals surface area contributed by atoms with E-state index in [1.165, 1.54) is 0 Å². The summed E-state index contributed by atoms with van der Waals surface area (Å²) in [5.74, 6) is -0.152. The van der Waals surface area contributed by atoms with E-state index in [-0.39, 0.29) is 11.9 Å². The molecule has 0 radical (unpaired) electrons. The van der Waals surface area contributed by atoms with Crippen molar-refractivity contribution in [1.29, 1.82) is 0 Å². The molecule has 3 amide bonds. The first-order chi connectivity index (χ1) is 10.8. The molecule has 1 unspecified atom stereocenters. The summed E-state index contributed by atoms with van der Waals surface area (Å²) in [4.78, 5) is 26.3. The molecule has 1 saturated heterocycles. The normalized spacial score (nSPS) is 17.7. The summed E-state index contributed by atoms with van der Waals surface area (Å²) in [5, 5.41) is 5.66. The van der Waals surface area contributed by atoms with Crippen molar-refractivity contribution in [3.63, 3.8) is 0 Å². The molecule has 0 aromatic heterocycles. The Balaban J connectivity index is 1.83. The van der Waals surface area contributed by atoms with Crippen LogP contribution in [0.5, 0.6) is 0 Å². The molecule has 1 atom stereocenters. The quantitative estimate of drug-likeness (QED) is 0.893. The highest BCUT2D eigenvalue weighted by molar-refractivity contribution is 5.95. The molecule has 22 heavy (non-hydrogen) atoms. The first-order valence-corrected chi connectivity index (χ1v) is 7.21. The maximum Gasteiger partial charge on any atom is 0.322 e. The number of piperazine rings is 1. The van der Waals surface area contributed by atoms with Crippen molar-refractivity contribution in [2.75, 3.05) is 18.4 Å². The largest absolute Gasteiger partial charge is 0.352 e. The van der Waals surface area contributed by atoms with Gasteiger partial charge in [-0.1, -0.05) is 48.5 Å². The number of para-hydroxylation sites is 1. The molecule has 2 N–H and O–H groups in total. The molecular formula is C17H17N3O2. The van der Waals surface area contributed by atoms with Crippen molar-refractivity contribution in [3.8, 4) is 0 Å². The zero-order chi connectivity index (χ0) is 15.4. The Kier molecular flexibility index (Phi) is 4.05. The molecule has 0 aliphatic carbocycles. The van der Waals surface area contributed by atoms with Gasteiger partial charge in [0, 0.05) is 18.8 Å². The van der Waals surface area contributed by atoms with E-state index in [9.17, 15) is 9.59 Å². The highest BCUT2D eigenvalue weighted by Gasteiger charge is 2.34. The highest BCUT2D eigenvalue weighted by Crippen LogP contribution is 2.24. The van der Waals surface area contributed by atoms with Crippen LogP contribution in [-0.2, 0) is 4.79 Å². The van der Waals surface area contributed by atoms with Gasteiger partial charge in [-0.2, -0.15) is 0 Å². The number of rotatable bonds is 2. The smallest absolute Gasteiger partial charge is 0.322 e. The predicted molar refractivity (Wildman–Crippen MR) is 84.4 cm³/mol. The molecule has 0 bridgehead atoms. The van der Waals surface area contributed by atoms with E-state index >= 15 is 0 Å². The van der Waals surface area contributed by atoms with Gasteiger partial charge in [0.1, 0.15) is 6.04 Å². The third-order valence-electron chi connectivity index (χ3n) is 3.61. The predicted octanol–water partition coefficient (Wildman–Crippen LogP) is 2.39. The summed E-state index contributed by atoms with van der Waals surface area (Å²) in [7, 11) is 0. The van der Waals surface area contributed by atoms with Crippen molar-refractivity contribution in [2.24, 2.45) is 0 Å². The van der Waals surface area contributed by atoms with Gasteiger partial charge in [-0.3, -0.25) is 4.79 Å². The number of hydrogen-bond donors (Lipinski definition) is 2. The molecule has 0 spiro atoms. The SMILES string of the molecule is O=C1NCCN(C(=O)Nc2ccccc2)C1c1ccccc1. The molecule has 1 aliphatic heterocycles. The van der Waals surface area contributed by atoms with Crippen molar-refractivity contribution in [2.45, 2.75) is 6.04 Å². The summed E-state index contributed by atoms with van der Waals surface area (Å²) >= 11 is 0. The number of nitrogens with one attached hydrogen (secondary N) is 2. The van der Waals surface area contributed by atoms with Crippen LogP contribution in [0, 0.1) is 0 Å². The van der Waals surface area contributed by atoms with E-state index in [0.717, 1.165) is 5.56 Å². The van der Waals surface area contributed by atoms with E-state index in [2.05, 4.69) is 10.6 Å². The lowest BCUT2D eigenvalue weighted by atomic mass is 10.0. The van der Waals surface area contributed by atoms with Crippen LogP contribution in [0.25, 0.3) is 0 Å². The molecule has 2 aromatic rings. The minimum absolute atomic E-state index is 0.152. The maximum atomic E-state index is 12.5. The van der Waals surface area contributed by atoms with Crippen LogP contribution in [0.4, 0.5) is 10.5 Å². The molecular weight excluding hydrogens is 278 g/mol. The van der Waals surface area contributed by atoms with Crippen LogP contribution in [-0.4, -0.2) is 29.9 Å². The zero-order valence-electron chi connectivity index (χ0n) is 12.0. The number of hydrogen-bond acceptors (Lipinski definition) is 2. The van der Waals surface area contributed by atoms with Crippen LogP contribution < -0.4 is 10.6 Å². The summed E-state index contributed by atoms with van der Waals surface area (Å²) < 4.78 is 0. The minimum Gasteiger partial charge on any atom is -0.352 e. The van der Waals surface area contributed by atoms with Crippen molar-refractivity contribution < 1.29 is 9.59 Å². The van der Waals surface area contributed by atoms with Crippen LogP contribution >= 0.6 is 0 Å². The average Bonchev–Trinajstić information content (AvgIpc) is 2.56. The number of carbonyl (C=O) groups excluding carboxylic acids is 2. The molecule has 1 heterocycles. The number of urea groups is 1. The molecule has 0 saturated carbocycles. The van der Waals surface area contributed by atoms with Crippen molar-refractivity contribution in [1.82, 2.24) is 10.2 Å². The fourth-order valence-corrected chi connectivity index (χ4v) is 2.57. The number of benzene rings is 2. The Hall–Kier alpha value is -2.82. The van der Waals surface area contributed by atoms with Crippen LogP contribution in [0.3, 0.4) is 0 Å². The van der Waals surface area contributed by atoms with Crippen LogP contribution in [0.1, 0.15) is 11.6 Å². The standard InChI is InChI=1S/C17H17N3O2/c21-16-15(13-7-3-1-4-8-13)20(12-11-18-16)17(22)19-14-9-5-2-6-10-14/h1-10,15H,11-12H2,(H,18,21)(H,19,22). The molecule has 112 valence electrons. The lowest BCUT2D eigenvalue weighted by Crippen LogP contribution is -2.53. The van der Waals surface area contributed by atoms with Gasteiger partial charge >= 0.3 is 6.03 Å². The number of carbonyl (C=O) groups is 2. The molecule has 3 rings (SSSR count). The van der Waals surface area contributed by atoms with E-state index < -0.39 is 6.04 Å². The molecule has 5 heteroatoms. The molecule has 5 nitrogen and oxygen atoms in total. The Bertz CT molecular complexity index is 658. The Morgan fingerprint density at radius 3 is 2.36 bits per heavy atom. The fourth-order valence-electron chi connectivity index (χ4n) is 2.57. The third kappa shape index (κ3) is 2.93. The Labute approximate surface area is 128 Å². The summed E-state index contributed by atoms with van der Waals surface area (Å²) in [6.07, 6.45) is 0. The van der Waals surface area contributed by atoms with Gasteiger partial charge in [0.05, 0.1) is 0 Å². The number of amides is 3. The summed E-state index contributed by atoms with van der Waals surface area (Å²) in [6, 6.07) is 17.7. The van der Waals surface area contributed by atoms with E-state index in [1.807, 2.05) is 60.7 Å². The monoisotopic (exact) mass is 295 g/mol. The first kappa shape index (κ1) is 14.1. The summed E-state index contributed by atoms with van der Waals surface area (Å²) in [6.45, 7) is 0.939. The van der Waals surface area contributed by atoms with Gasteiger partial charge in [-0.05, 0) is 17.7 Å². The second-order valence-corrected chi connectivity index (χ2v) is 5.09. The van der Waals surface area contributed by atoms with Gasteiger partial charge in [0.2, 0.25) is 5.91 Å². The molecule has 2 aromatic carbocycles. The van der Waals surface area contributed by atoms with Gasteiger partial charge in [0.25, 0.3) is 0 Å². The van der Waals surface area contributed by atoms with E-state index in [1.54, 1.807) is 4.90 Å². The van der Waals surface area contributed by atoms with Gasteiger partial charge < -0.3 is 15.5 Å². The van der Waals surface area contributed by atoms with Gasteiger partial charge in [-0.25, -0.2) is 4.79 Å².